The van der Waals surface area contributed by atoms with Gasteiger partial charge in [0, 0.05) is 51.5 Å². The number of carbonyl (C=O) groups is 1. The van der Waals surface area contributed by atoms with E-state index >= 15 is 0 Å². The fourth-order valence-electron chi connectivity index (χ4n) is 4.30. The molecule has 7 nitrogen and oxygen atoms in total. The molecule has 27 heavy (non-hydrogen) atoms. The largest absolute Gasteiger partial charge is 0.354 e. The Morgan fingerprint density at radius 1 is 1.19 bits per heavy atom. The van der Waals surface area contributed by atoms with Gasteiger partial charge in [0.2, 0.25) is 5.91 Å². The third-order valence-corrected chi connectivity index (χ3v) is 6.02. The lowest BCUT2D eigenvalue weighted by atomic mass is 9.89. The molecule has 1 aromatic heterocycles. The molecule has 2 fully saturated rings. The standard InChI is InChI=1S/C20H34N6O/c1-16-8-12-25(14-18(16)26-13-11-22-15-26)20(21-2)24-10-9-23-19(27)17-6-4-3-5-7-17/h11,13,15-18H,3-10,12,14H2,1-2H3,(H,21,24)(H,23,27). The van der Waals surface area contributed by atoms with Crippen molar-refractivity contribution >= 4 is 11.9 Å². The van der Waals surface area contributed by atoms with Crippen LogP contribution in [0, 0.1) is 11.8 Å². The van der Waals surface area contributed by atoms with Crippen LogP contribution in [0.4, 0.5) is 0 Å². The fraction of sp³-hybridized carbons (Fsp3) is 0.750. The highest BCUT2D eigenvalue weighted by Gasteiger charge is 2.28. The summed E-state index contributed by atoms with van der Waals surface area (Å²) in [5.74, 6) is 1.97. The first-order chi connectivity index (χ1) is 13.2. The number of aliphatic imine (C=N–C) groups is 1. The molecule has 2 unspecified atom stereocenters. The topological polar surface area (TPSA) is 74.6 Å². The van der Waals surface area contributed by atoms with Crippen LogP contribution < -0.4 is 10.6 Å². The van der Waals surface area contributed by atoms with E-state index in [1.54, 1.807) is 0 Å². The Bertz CT molecular complexity index is 608. The average Bonchev–Trinajstić information content (AvgIpc) is 3.24. The van der Waals surface area contributed by atoms with Crippen LogP contribution in [0.15, 0.2) is 23.7 Å². The Balaban J connectivity index is 1.44. The van der Waals surface area contributed by atoms with E-state index in [2.05, 4.69) is 37.0 Å². The molecule has 1 saturated carbocycles. The zero-order valence-electron chi connectivity index (χ0n) is 16.7. The summed E-state index contributed by atoms with van der Waals surface area (Å²) in [6.07, 6.45) is 12.7. The highest BCUT2D eigenvalue weighted by Crippen LogP contribution is 2.27. The maximum Gasteiger partial charge on any atom is 0.223 e. The summed E-state index contributed by atoms with van der Waals surface area (Å²) in [5.41, 5.74) is 0. The van der Waals surface area contributed by atoms with E-state index in [4.69, 9.17) is 0 Å². The first-order valence-corrected chi connectivity index (χ1v) is 10.4. The molecule has 2 aliphatic rings. The van der Waals surface area contributed by atoms with Crippen LogP contribution in [0.1, 0.15) is 51.5 Å². The first-order valence-electron chi connectivity index (χ1n) is 10.4. The number of hydrogen-bond donors (Lipinski definition) is 2. The van der Waals surface area contributed by atoms with E-state index in [1.807, 2.05) is 25.8 Å². The Morgan fingerprint density at radius 3 is 2.67 bits per heavy atom. The van der Waals surface area contributed by atoms with Crippen LogP contribution >= 0.6 is 0 Å². The molecule has 2 atom stereocenters. The van der Waals surface area contributed by atoms with E-state index in [9.17, 15) is 4.79 Å². The van der Waals surface area contributed by atoms with Gasteiger partial charge in [-0.25, -0.2) is 4.98 Å². The third kappa shape index (κ3) is 5.23. The normalized spacial score (nSPS) is 24.7. The van der Waals surface area contributed by atoms with Crippen LogP contribution in [0.5, 0.6) is 0 Å². The van der Waals surface area contributed by atoms with E-state index in [0.717, 1.165) is 38.3 Å². The Morgan fingerprint density at radius 2 is 1.96 bits per heavy atom. The second-order valence-corrected chi connectivity index (χ2v) is 7.89. The van der Waals surface area contributed by atoms with Gasteiger partial charge in [0.15, 0.2) is 5.96 Å². The van der Waals surface area contributed by atoms with E-state index < -0.39 is 0 Å². The van der Waals surface area contributed by atoms with Crippen molar-refractivity contribution in [1.29, 1.82) is 0 Å². The quantitative estimate of drug-likeness (QED) is 0.470. The van der Waals surface area contributed by atoms with Gasteiger partial charge < -0.3 is 20.1 Å². The molecular formula is C20H34N6O. The number of nitrogens with one attached hydrogen (secondary N) is 2. The number of guanidine groups is 1. The van der Waals surface area contributed by atoms with Crippen molar-refractivity contribution < 1.29 is 4.79 Å². The van der Waals surface area contributed by atoms with Crippen molar-refractivity contribution in [3.8, 4) is 0 Å². The summed E-state index contributed by atoms with van der Waals surface area (Å²) in [5, 5.41) is 6.50. The molecule has 0 bridgehead atoms. The molecule has 0 spiro atoms. The lowest BCUT2D eigenvalue weighted by Gasteiger charge is -2.39. The number of rotatable bonds is 5. The van der Waals surface area contributed by atoms with Gasteiger partial charge in [-0.1, -0.05) is 26.2 Å². The lowest BCUT2D eigenvalue weighted by Crippen LogP contribution is -2.50. The molecule has 1 aromatic rings. The van der Waals surface area contributed by atoms with E-state index in [-0.39, 0.29) is 11.8 Å². The molecule has 3 rings (SSSR count). The van der Waals surface area contributed by atoms with Gasteiger partial charge in [-0.2, -0.15) is 0 Å². The van der Waals surface area contributed by atoms with Crippen LogP contribution in [-0.4, -0.2) is 59.5 Å². The van der Waals surface area contributed by atoms with Gasteiger partial charge in [-0.05, 0) is 25.2 Å². The zero-order valence-corrected chi connectivity index (χ0v) is 16.7. The van der Waals surface area contributed by atoms with Gasteiger partial charge in [-0.3, -0.25) is 9.79 Å². The predicted octanol–water partition coefficient (Wildman–Crippen LogP) is 2.04. The number of carbonyl (C=O) groups excluding carboxylic acids is 1. The monoisotopic (exact) mass is 374 g/mol. The van der Waals surface area contributed by atoms with Gasteiger partial charge >= 0.3 is 0 Å². The summed E-state index contributed by atoms with van der Waals surface area (Å²) < 4.78 is 2.20. The minimum absolute atomic E-state index is 0.220. The maximum atomic E-state index is 12.2. The molecule has 0 radical (unpaired) electrons. The summed E-state index contributed by atoms with van der Waals surface area (Å²) in [6.45, 7) is 5.57. The lowest BCUT2D eigenvalue weighted by molar-refractivity contribution is -0.125. The molecule has 1 aliphatic heterocycles. The van der Waals surface area contributed by atoms with Gasteiger partial charge in [0.1, 0.15) is 0 Å². The summed E-state index contributed by atoms with van der Waals surface area (Å²) in [4.78, 5) is 23.2. The molecule has 7 heteroatoms. The van der Waals surface area contributed by atoms with E-state index in [1.165, 1.54) is 19.3 Å². The summed E-state index contributed by atoms with van der Waals surface area (Å²) in [7, 11) is 1.83. The van der Waals surface area contributed by atoms with E-state index in [0.29, 0.717) is 25.0 Å². The number of nitrogens with zero attached hydrogens (tertiary/aromatic N) is 4. The van der Waals surface area contributed by atoms with Crippen LogP contribution in [0.25, 0.3) is 0 Å². The first kappa shape index (κ1) is 19.7. The second kappa shape index (κ2) is 9.76. The molecule has 2 N–H and O–H groups in total. The Hall–Kier alpha value is -2.05. The van der Waals surface area contributed by atoms with Gasteiger partial charge in [-0.15, -0.1) is 0 Å². The SMILES string of the molecule is CN=C(NCCNC(=O)C1CCCCC1)N1CCC(C)C(n2ccnc2)C1. The van der Waals surface area contributed by atoms with Crippen molar-refractivity contribution in [2.45, 2.75) is 51.5 Å². The Kier molecular flexibility index (Phi) is 7.12. The smallest absolute Gasteiger partial charge is 0.223 e. The van der Waals surface area contributed by atoms with Gasteiger partial charge in [0.05, 0.1) is 12.4 Å². The Labute approximate surface area is 162 Å². The molecule has 150 valence electrons. The highest BCUT2D eigenvalue weighted by molar-refractivity contribution is 5.80. The highest BCUT2D eigenvalue weighted by atomic mass is 16.1. The number of amides is 1. The fourth-order valence-corrected chi connectivity index (χ4v) is 4.30. The summed E-state index contributed by atoms with van der Waals surface area (Å²) >= 11 is 0. The van der Waals surface area contributed by atoms with Crippen molar-refractivity contribution in [3.05, 3.63) is 18.7 Å². The summed E-state index contributed by atoms with van der Waals surface area (Å²) in [6, 6.07) is 0.408. The minimum Gasteiger partial charge on any atom is -0.354 e. The molecule has 1 aliphatic carbocycles. The number of piperidine rings is 1. The van der Waals surface area contributed by atoms with Gasteiger partial charge in [0.25, 0.3) is 0 Å². The molecular weight excluding hydrogens is 340 g/mol. The minimum atomic E-state index is 0.220. The van der Waals surface area contributed by atoms with Crippen molar-refractivity contribution in [2.24, 2.45) is 16.8 Å². The number of imidazole rings is 1. The van der Waals surface area contributed by atoms with Crippen LogP contribution in [0.3, 0.4) is 0 Å². The zero-order chi connectivity index (χ0) is 19.1. The second-order valence-electron chi connectivity index (χ2n) is 7.89. The molecule has 1 amide bonds. The molecule has 0 aromatic carbocycles. The third-order valence-electron chi connectivity index (χ3n) is 6.02. The number of aromatic nitrogens is 2. The number of hydrogen-bond acceptors (Lipinski definition) is 3. The molecule has 2 heterocycles. The average molecular weight is 375 g/mol. The predicted molar refractivity (Wildman–Crippen MR) is 108 cm³/mol. The maximum absolute atomic E-state index is 12.2. The molecule has 1 saturated heterocycles. The van der Waals surface area contributed by atoms with Crippen molar-refractivity contribution in [3.63, 3.8) is 0 Å². The van der Waals surface area contributed by atoms with Crippen LogP contribution in [-0.2, 0) is 4.79 Å². The van der Waals surface area contributed by atoms with Crippen molar-refractivity contribution in [1.82, 2.24) is 25.1 Å². The van der Waals surface area contributed by atoms with Crippen LogP contribution in [0.2, 0.25) is 0 Å². The number of likely N-dealkylation sites (tertiary alicyclic amines) is 1. The van der Waals surface area contributed by atoms with Crippen molar-refractivity contribution in [2.75, 3.05) is 33.2 Å².